The Morgan fingerprint density at radius 2 is 2.10 bits per heavy atom. The highest BCUT2D eigenvalue weighted by Gasteiger charge is 2.23. The van der Waals surface area contributed by atoms with Crippen molar-refractivity contribution in [1.82, 2.24) is 24.9 Å². The highest BCUT2D eigenvalue weighted by molar-refractivity contribution is 5.92. The van der Waals surface area contributed by atoms with Gasteiger partial charge in [0.25, 0.3) is 11.5 Å². The normalized spacial score (nSPS) is 15.1. The van der Waals surface area contributed by atoms with E-state index in [0.717, 1.165) is 25.0 Å². The van der Waals surface area contributed by atoms with Crippen LogP contribution in [0.3, 0.4) is 0 Å². The number of rotatable bonds is 4. The van der Waals surface area contributed by atoms with Crippen molar-refractivity contribution in [2.75, 3.05) is 25.0 Å². The lowest BCUT2D eigenvalue weighted by atomic mass is 9.92. The van der Waals surface area contributed by atoms with Crippen LogP contribution >= 0.6 is 0 Å². The van der Waals surface area contributed by atoms with Gasteiger partial charge in [0.2, 0.25) is 5.95 Å². The summed E-state index contributed by atoms with van der Waals surface area (Å²) in [5, 5.41) is 7.00. The van der Waals surface area contributed by atoms with E-state index in [2.05, 4.69) is 20.4 Å². The number of aromatic nitrogens is 4. The van der Waals surface area contributed by atoms with Crippen molar-refractivity contribution < 1.29 is 9.18 Å². The summed E-state index contributed by atoms with van der Waals surface area (Å²) in [6.45, 7) is 3.18. The van der Waals surface area contributed by atoms with Gasteiger partial charge < -0.3 is 15.2 Å². The lowest BCUT2D eigenvalue weighted by molar-refractivity contribution is 0.0957. The quantitative estimate of drug-likeness (QED) is 0.652. The number of halogens is 1. The molecule has 0 spiro atoms. The molecule has 0 radical (unpaired) electrons. The van der Waals surface area contributed by atoms with Gasteiger partial charge >= 0.3 is 0 Å². The second kappa shape index (κ2) is 7.65. The van der Waals surface area contributed by atoms with Crippen LogP contribution in [0.4, 0.5) is 10.1 Å². The number of fused-ring (bicyclic) bond motifs is 1. The van der Waals surface area contributed by atoms with Gasteiger partial charge in [-0.3, -0.25) is 9.59 Å². The third-order valence-electron chi connectivity index (χ3n) is 5.44. The molecule has 0 aliphatic carbocycles. The molecule has 1 saturated heterocycles. The number of anilines is 1. The average Bonchev–Trinajstić information content (AvgIpc) is 3.09. The van der Waals surface area contributed by atoms with E-state index in [0.29, 0.717) is 35.9 Å². The molecule has 29 heavy (non-hydrogen) atoms. The van der Waals surface area contributed by atoms with Gasteiger partial charge in [0.1, 0.15) is 11.3 Å². The molecule has 0 bridgehead atoms. The lowest BCUT2D eigenvalue weighted by Crippen LogP contribution is -2.35. The third-order valence-corrected chi connectivity index (χ3v) is 5.44. The standard InChI is InChI=1S/C20H23FN6O2/c1-12-11-27-17(24-19(12)28)10-14(25-27)9-13-5-7-26(8-6-13)16-4-3-15(20(29)22-2)23-18(16)21/h3-4,10-11,13H,5-9H2,1-2H3,(H,22,29)(H,24,28). The number of hydrogen-bond acceptors (Lipinski definition) is 5. The summed E-state index contributed by atoms with van der Waals surface area (Å²) in [5.41, 5.74) is 2.65. The van der Waals surface area contributed by atoms with Gasteiger partial charge in [-0.2, -0.15) is 9.49 Å². The molecule has 1 fully saturated rings. The van der Waals surface area contributed by atoms with Gasteiger partial charge in [-0.25, -0.2) is 9.50 Å². The van der Waals surface area contributed by atoms with Crippen molar-refractivity contribution in [2.45, 2.75) is 26.2 Å². The van der Waals surface area contributed by atoms with Crippen molar-refractivity contribution in [2.24, 2.45) is 5.92 Å². The van der Waals surface area contributed by atoms with Crippen molar-refractivity contribution in [1.29, 1.82) is 0 Å². The minimum absolute atomic E-state index is 0.0729. The predicted molar refractivity (Wildman–Crippen MR) is 107 cm³/mol. The molecule has 3 aromatic heterocycles. The van der Waals surface area contributed by atoms with E-state index in [9.17, 15) is 14.0 Å². The fourth-order valence-corrected chi connectivity index (χ4v) is 3.78. The zero-order chi connectivity index (χ0) is 20.5. The Bertz CT molecular complexity index is 1110. The van der Waals surface area contributed by atoms with Crippen LogP contribution in [0.5, 0.6) is 0 Å². The second-order valence-electron chi connectivity index (χ2n) is 7.45. The predicted octanol–water partition coefficient (Wildman–Crippen LogP) is 1.68. The Labute approximate surface area is 166 Å². The van der Waals surface area contributed by atoms with Gasteiger partial charge in [0.15, 0.2) is 0 Å². The number of aromatic amines is 1. The molecule has 8 nitrogen and oxygen atoms in total. The van der Waals surface area contributed by atoms with E-state index >= 15 is 0 Å². The Morgan fingerprint density at radius 3 is 2.79 bits per heavy atom. The topological polar surface area (TPSA) is 95.4 Å². The number of H-pyrrole nitrogens is 1. The first-order chi connectivity index (χ1) is 13.9. The molecule has 0 unspecified atom stereocenters. The molecule has 1 amide bonds. The number of hydrogen-bond donors (Lipinski definition) is 2. The summed E-state index contributed by atoms with van der Waals surface area (Å²) in [7, 11) is 1.49. The molecular weight excluding hydrogens is 375 g/mol. The number of pyridine rings is 1. The number of nitrogens with zero attached hydrogens (tertiary/aromatic N) is 4. The molecule has 0 atom stereocenters. The third kappa shape index (κ3) is 3.85. The summed E-state index contributed by atoms with van der Waals surface area (Å²) < 4.78 is 16.1. The number of amides is 1. The maximum absolute atomic E-state index is 14.4. The van der Waals surface area contributed by atoms with Crippen LogP contribution in [-0.2, 0) is 6.42 Å². The summed E-state index contributed by atoms with van der Waals surface area (Å²) in [5.74, 6) is -0.590. The maximum atomic E-state index is 14.4. The van der Waals surface area contributed by atoms with E-state index in [1.807, 2.05) is 11.0 Å². The highest BCUT2D eigenvalue weighted by atomic mass is 19.1. The molecular formula is C20H23FN6O2. The summed E-state index contributed by atoms with van der Waals surface area (Å²) in [6.07, 6.45) is 4.35. The first-order valence-corrected chi connectivity index (χ1v) is 9.66. The van der Waals surface area contributed by atoms with Crippen molar-refractivity contribution in [3.63, 3.8) is 0 Å². The number of piperidine rings is 1. The van der Waals surface area contributed by atoms with E-state index in [-0.39, 0.29) is 11.3 Å². The van der Waals surface area contributed by atoms with Gasteiger partial charge in [0, 0.05) is 38.0 Å². The van der Waals surface area contributed by atoms with Gasteiger partial charge in [0.05, 0.1) is 11.4 Å². The Morgan fingerprint density at radius 1 is 1.34 bits per heavy atom. The molecule has 4 heterocycles. The minimum atomic E-state index is -0.621. The van der Waals surface area contributed by atoms with Crippen molar-refractivity contribution in [3.8, 4) is 0 Å². The molecule has 2 N–H and O–H groups in total. The summed E-state index contributed by atoms with van der Waals surface area (Å²) in [4.78, 5) is 31.9. The monoisotopic (exact) mass is 398 g/mol. The molecule has 1 aliphatic heterocycles. The van der Waals surface area contributed by atoms with Crippen LogP contribution in [0.1, 0.15) is 34.6 Å². The molecule has 0 aromatic carbocycles. The van der Waals surface area contributed by atoms with Crippen LogP contribution in [-0.4, -0.2) is 45.6 Å². The van der Waals surface area contributed by atoms with Gasteiger partial charge in [-0.1, -0.05) is 0 Å². The number of carbonyl (C=O) groups excluding carboxylic acids is 1. The van der Waals surface area contributed by atoms with Crippen LogP contribution < -0.4 is 15.8 Å². The van der Waals surface area contributed by atoms with Crippen LogP contribution in [0, 0.1) is 18.8 Å². The Kier molecular flexibility index (Phi) is 5.04. The number of aryl methyl sites for hydroxylation is 1. The maximum Gasteiger partial charge on any atom is 0.269 e. The van der Waals surface area contributed by atoms with Crippen LogP contribution in [0.2, 0.25) is 0 Å². The molecule has 0 saturated carbocycles. The fraction of sp³-hybridized carbons (Fsp3) is 0.400. The Hall–Kier alpha value is -3.23. The lowest BCUT2D eigenvalue weighted by Gasteiger charge is -2.33. The smallest absolute Gasteiger partial charge is 0.269 e. The minimum Gasteiger partial charge on any atom is -0.368 e. The van der Waals surface area contributed by atoms with Gasteiger partial charge in [-0.15, -0.1) is 0 Å². The van der Waals surface area contributed by atoms with Gasteiger partial charge in [-0.05, 0) is 44.2 Å². The molecule has 3 aromatic rings. The molecule has 9 heteroatoms. The summed E-state index contributed by atoms with van der Waals surface area (Å²) in [6, 6.07) is 5.07. The van der Waals surface area contributed by atoms with E-state index < -0.39 is 11.9 Å². The van der Waals surface area contributed by atoms with Crippen molar-refractivity contribution >= 4 is 17.2 Å². The van der Waals surface area contributed by atoms with E-state index in [4.69, 9.17) is 0 Å². The van der Waals surface area contributed by atoms with Crippen LogP contribution in [0.15, 0.2) is 29.2 Å². The first-order valence-electron chi connectivity index (χ1n) is 9.66. The van der Waals surface area contributed by atoms with E-state index in [1.165, 1.54) is 7.05 Å². The molecule has 4 rings (SSSR count). The zero-order valence-corrected chi connectivity index (χ0v) is 16.4. The number of carbonyl (C=O) groups is 1. The highest BCUT2D eigenvalue weighted by Crippen LogP contribution is 2.27. The SMILES string of the molecule is CNC(=O)c1ccc(N2CCC(Cc3cc4[nH]c(=O)c(C)cn4n3)CC2)c(F)n1. The van der Waals surface area contributed by atoms with Crippen LogP contribution in [0.25, 0.3) is 5.65 Å². The van der Waals surface area contributed by atoms with E-state index in [1.54, 1.807) is 29.8 Å². The zero-order valence-electron chi connectivity index (χ0n) is 16.4. The second-order valence-corrected chi connectivity index (χ2v) is 7.45. The summed E-state index contributed by atoms with van der Waals surface area (Å²) >= 11 is 0. The fourth-order valence-electron chi connectivity index (χ4n) is 3.78. The largest absolute Gasteiger partial charge is 0.368 e. The van der Waals surface area contributed by atoms with Crippen molar-refractivity contribution in [3.05, 3.63) is 57.6 Å². The number of nitrogens with one attached hydrogen (secondary N) is 2. The first kappa shape index (κ1) is 19.1. The molecule has 152 valence electrons. The molecule has 1 aliphatic rings. The average molecular weight is 398 g/mol. The Balaban J connectivity index is 1.41.